The van der Waals surface area contributed by atoms with Crippen LogP contribution < -0.4 is 0 Å². The molecule has 0 unspecified atom stereocenters. The molecule has 2 N–H and O–H groups in total. The zero-order valence-corrected chi connectivity index (χ0v) is 18.8. The van der Waals surface area contributed by atoms with E-state index in [1.165, 1.54) is 0 Å². The molecule has 5 nitrogen and oxygen atoms in total. The van der Waals surface area contributed by atoms with Crippen molar-refractivity contribution in [3.8, 4) is 0 Å². The standard InChI is InChI=1S/C27H36O5/c28-18-24-23(25(29)17-26(24)31-19-21-11-5-3-6-12-21)15-9-1-2-10-16-27(30)32-20-22-13-7-4-8-14-22/h3-8,11-14,23-26,28-29H,1-2,9-10,15-20H2/t23-,24-,25+,26-/m1/s1. The molecule has 0 saturated heterocycles. The molecule has 0 aliphatic heterocycles. The van der Waals surface area contributed by atoms with Crippen molar-refractivity contribution in [3.05, 3.63) is 71.8 Å². The van der Waals surface area contributed by atoms with Crippen molar-refractivity contribution in [2.75, 3.05) is 6.61 Å². The molecule has 1 fully saturated rings. The molecule has 5 heteroatoms. The van der Waals surface area contributed by atoms with Gasteiger partial charge in [0, 0.05) is 25.4 Å². The van der Waals surface area contributed by atoms with Crippen LogP contribution in [0.5, 0.6) is 0 Å². The highest BCUT2D eigenvalue weighted by Crippen LogP contribution is 2.38. The first-order valence-electron chi connectivity index (χ1n) is 11.8. The van der Waals surface area contributed by atoms with E-state index in [1.54, 1.807) is 0 Å². The fourth-order valence-electron chi connectivity index (χ4n) is 4.59. The van der Waals surface area contributed by atoms with Crippen LogP contribution >= 0.6 is 0 Å². The Hall–Kier alpha value is -2.21. The van der Waals surface area contributed by atoms with Crippen LogP contribution in [0.1, 0.15) is 56.1 Å². The van der Waals surface area contributed by atoms with Gasteiger partial charge in [-0.25, -0.2) is 0 Å². The van der Waals surface area contributed by atoms with Gasteiger partial charge in [-0.2, -0.15) is 0 Å². The molecule has 3 rings (SSSR count). The van der Waals surface area contributed by atoms with Crippen molar-refractivity contribution < 1.29 is 24.5 Å². The van der Waals surface area contributed by atoms with Gasteiger partial charge in [-0.3, -0.25) is 4.79 Å². The molecule has 174 valence electrons. The van der Waals surface area contributed by atoms with Crippen LogP contribution in [0, 0.1) is 11.8 Å². The highest BCUT2D eigenvalue weighted by atomic mass is 16.5. The smallest absolute Gasteiger partial charge is 0.306 e. The van der Waals surface area contributed by atoms with Crippen LogP contribution in [0.2, 0.25) is 0 Å². The van der Waals surface area contributed by atoms with E-state index in [1.807, 2.05) is 60.7 Å². The number of ether oxygens (including phenoxy) is 2. The summed E-state index contributed by atoms with van der Waals surface area (Å²) < 4.78 is 11.4. The van der Waals surface area contributed by atoms with Crippen LogP contribution in [0.25, 0.3) is 0 Å². The fourth-order valence-corrected chi connectivity index (χ4v) is 4.59. The normalized spacial score (nSPS) is 22.7. The number of hydrogen-bond donors (Lipinski definition) is 2. The number of carbonyl (C=O) groups excluding carboxylic acids is 1. The van der Waals surface area contributed by atoms with Gasteiger partial charge in [0.15, 0.2) is 0 Å². The van der Waals surface area contributed by atoms with Crippen molar-refractivity contribution in [2.24, 2.45) is 11.8 Å². The van der Waals surface area contributed by atoms with Crippen molar-refractivity contribution in [1.82, 2.24) is 0 Å². The van der Waals surface area contributed by atoms with Gasteiger partial charge in [0.2, 0.25) is 0 Å². The number of unbranched alkanes of at least 4 members (excludes halogenated alkanes) is 3. The average molecular weight is 441 g/mol. The van der Waals surface area contributed by atoms with Gasteiger partial charge in [-0.1, -0.05) is 79.9 Å². The lowest BCUT2D eigenvalue weighted by Gasteiger charge is -2.23. The Morgan fingerprint density at radius 1 is 0.844 bits per heavy atom. The summed E-state index contributed by atoms with van der Waals surface area (Å²) in [5.41, 5.74) is 2.10. The predicted octanol–water partition coefficient (Wildman–Crippen LogP) is 4.65. The summed E-state index contributed by atoms with van der Waals surface area (Å²) in [7, 11) is 0. The minimum absolute atomic E-state index is 0.0262. The van der Waals surface area contributed by atoms with Crippen molar-refractivity contribution in [3.63, 3.8) is 0 Å². The third kappa shape index (κ3) is 7.73. The van der Waals surface area contributed by atoms with Gasteiger partial charge in [0.05, 0.1) is 18.8 Å². The maximum absolute atomic E-state index is 11.9. The summed E-state index contributed by atoms with van der Waals surface area (Å²) in [6, 6.07) is 19.7. The van der Waals surface area contributed by atoms with E-state index in [9.17, 15) is 15.0 Å². The van der Waals surface area contributed by atoms with E-state index >= 15 is 0 Å². The molecule has 1 saturated carbocycles. The molecule has 0 spiro atoms. The molecule has 2 aromatic rings. The first-order valence-corrected chi connectivity index (χ1v) is 11.8. The lowest BCUT2D eigenvalue weighted by Crippen LogP contribution is -2.27. The Labute approximate surface area is 191 Å². The number of carbonyl (C=O) groups is 1. The number of aliphatic hydroxyl groups is 2. The van der Waals surface area contributed by atoms with Gasteiger partial charge in [0.25, 0.3) is 0 Å². The Balaban J connectivity index is 1.29. The second kappa shape index (κ2) is 13.4. The molecule has 1 aliphatic rings. The number of rotatable bonds is 13. The van der Waals surface area contributed by atoms with E-state index in [0.29, 0.717) is 26.1 Å². The average Bonchev–Trinajstić information content (AvgIpc) is 3.14. The zero-order chi connectivity index (χ0) is 22.6. The third-order valence-electron chi connectivity index (χ3n) is 6.42. The Morgan fingerprint density at radius 3 is 2.12 bits per heavy atom. The van der Waals surface area contributed by atoms with Crippen molar-refractivity contribution in [1.29, 1.82) is 0 Å². The van der Waals surface area contributed by atoms with Gasteiger partial charge >= 0.3 is 5.97 Å². The molecule has 0 amide bonds. The van der Waals surface area contributed by atoms with Crippen LogP contribution in [-0.4, -0.2) is 35.0 Å². The molecule has 0 heterocycles. The molecule has 0 aromatic heterocycles. The maximum Gasteiger partial charge on any atom is 0.306 e. The molecular formula is C27H36O5. The Morgan fingerprint density at radius 2 is 1.47 bits per heavy atom. The third-order valence-corrected chi connectivity index (χ3v) is 6.42. The lowest BCUT2D eigenvalue weighted by molar-refractivity contribution is -0.145. The molecule has 1 aliphatic carbocycles. The molecular weight excluding hydrogens is 404 g/mol. The molecule has 2 aromatic carbocycles. The summed E-state index contributed by atoms with van der Waals surface area (Å²) >= 11 is 0. The highest BCUT2D eigenvalue weighted by Gasteiger charge is 2.42. The lowest BCUT2D eigenvalue weighted by atomic mass is 9.89. The largest absolute Gasteiger partial charge is 0.461 e. The topological polar surface area (TPSA) is 76.0 Å². The van der Waals surface area contributed by atoms with Gasteiger partial charge in [0.1, 0.15) is 6.61 Å². The number of hydrogen-bond acceptors (Lipinski definition) is 5. The van der Waals surface area contributed by atoms with Crippen molar-refractivity contribution >= 4 is 5.97 Å². The first kappa shape index (κ1) is 24.4. The second-order valence-electron chi connectivity index (χ2n) is 8.75. The number of esters is 1. The van der Waals surface area contributed by atoms with Gasteiger partial charge in [-0.15, -0.1) is 0 Å². The summed E-state index contributed by atoms with van der Waals surface area (Å²) in [5.74, 6) is -0.114. The predicted molar refractivity (Wildman–Crippen MR) is 124 cm³/mol. The molecule has 0 bridgehead atoms. The molecule has 4 atom stereocenters. The Bertz CT molecular complexity index is 779. The zero-order valence-electron chi connectivity index (χ0n) is 18.8. The Kier molecular flexibility index (Phi) is 10.2. The van der Waals surface area contributed by atoms with Crippen LogP contribution in [-0.2, 0) is 27.5 Å². The van der Waals surface area contributed by atoms with Gasteiger partial charge < -0.3 is 19.7 Å². The molecule has 32 heavy (non-hydrogen) atoms. The van der Waals surface area contributed by atoms with E-state index in [0.717, 1.165) is 43.2 Å². The van der Waals surface area contributed by atoms with Crippen LogP contribution in [0.3, 0.4) is 0 Å². The first-order chi connectivity index (χ1) is 15.7. The van der Waals surface area contributed by atoms with Gasteiger partial charge in [-0.05, 0) is 29.9 Å². The van der Waals surface area contributed by atoms with Crippen LogP contribution in [0.15, 0.2) is 60.7 Å². The van der Waals surface area contributed by atoms with Crippen molar-refractivity contribution in [2.45, 2.75) is 70.4 Å². The summed E-state index contributed by atoms with van der Waals surface area (Å²) in [6.07, 6.45) is 5.10. The molecule has 0 radical (unpaired) electrons. The van der Waals surface area contributed by atoms with E-state index in [-0.39, 0.29) is 30.5 Å². The SMILES string of the molecule is O=C(CCCCCC[C@@H]1[C@@H](CO)[C@H](OCc2ccccc2)C[C@@H]1O)OCc1ccccc1. The fraction of sp³-hybridized carbons (Fsp3) is 0.519. The summed E-state index contributed by atoms with van der Waals surface area (Å²) in [5, 5.41) is 20.4. The van der Waals surface area contributed by atoms with E-state index in [2.05, 4.69) is 0 Å². The van der Waals surface area contributed by atoms with Crippen LogP contribution in [0.4, 0.5) is 0 Å². The summed E-state index contributed by atoms with van der Waals surface area (Å²) in [4.78, 5) is 11.9. The maximum atomic E-state index is 11.9. The number of benzene rings is 2. The highest BCUT2D eigenvalue weighted by molar-refractivity contribution is 5.69. The monoisotopic (exact) mass is 440 g/mol. The van der Waals surface area contributed by atoms with E-state index < -0.39 is 6.10 Å². The minimum atomic E-state index is -0.430. The van der Waals surface area contributed by atoms with E-state index in [4.69, 9.17) is 9.47 Å². The second-order valence-corrected chi connectivity index (χ2v) is 8.75. The summed E-state index contributed by atoms with van der Waals surface area (Å²) in [6.45, 7) is 0.867. The quantitative estimate of drug-likeness (QED) is 0.350. The minimum Gasteiger partial charge on any atom is -0.461 e. The number of aliphatic hydroxyl groups excluding tert-OH is 2.